The minimum atomic E-state index is -0.989. The Balaban J connectivity index is 1.26. The van der Waals surface area contributed by atoms with Gasteiger partial charge in [-0.25, -0.2) is 9.37 Å². The van der Waals surface area contributed by atoms with Gasteiger partial charge in [-0.1, -0.05) is 37.5 Å². The molecular weight excluding hydrogens is 557 g/mol. The largest absolute Gasteiger partial charge is 0.356 e. The number of thiazole rings is 1. The first-order chi connectivity index (χ1) is 20.4. The molecule has 4 N–H and O–H groups in total. The Morgan fingerprint density at radius 3 is 2.57 bits per heavy atom. The molecule has 6 rings (SSSR count). The van der Waals surface area contributed by atoms with E-state index in [0.717, 1.165) is 36.8 Å². The van der Waals surface area contributed by atoms with Crippen molar-refractivity contribution in [3.63, 3.8) is 0 Å². The number of carbonyl (C=O) groups is 4. The van der Waals surface area contributed by atoms with Crippen molar-refractivity contribution >= 4 is 56.0 Å². The molecular formula is C31H32FN5O4S. The van der Waals surface area contributed by atoms with Gasteiger partial charge in [0.2, 0.25) is 17.6 Å². The molecule has 2 aliphatic rings. The fourth-order valence-electron chi connectivity index (χ4n) is 6.10. The molecule has 218 valence electrons. The van der Waals surface area contributed by atoms with Crippen molar-refractivity contribution in [2.45, 2.75) is 57.0 Å². The third kappa shape index (κ3) is 5.78. The number of halogens is 1. The fourth-order valence-corrected chi connectivity index (χ4v) is 7.06. The maximum absolute atomic E-state index is 14.3. The van der Waals surface area contributed by atoms with Gasteiger partial charge in [0.15, 0.2) is 5.01 Å². The summed E-state index contributed by atoms with van der Waals surface area (Å²) < 4.78 is 15.1. The zero-order valence-electron chi connectivity index (χ0n) is 23.0. The van der Waals surface area contributed by atoms with Crippen molar-refractivity contribution in [2.75, 3.05) is 6.54 Å². The number of nitrogens with one attached hydrogen (secondary N) is 4. The van der Waals surface area contributed by atoms with Crippen LogP contribution in [0, 0.1) is 17.7 Å². The van der Waals surface area contributed by atoms with Crippen molar-refractivity contribution in [3.05, 3.63) is 65.0 Å². The first kappa shape index (κ1) is 28.0. The Labute approximate surface area is 245 Å². The standard InChI is InChI=1S/C31H32FN5O4S/c32-20-9-6-11-21-19(20)16-24(34-21)29(40)37-26(17-7-2-1-3-8-17)30(41)35-23(15-18-13-14-33-28(18)39)27(38)31-36-22-10-4-5-12-25(22)42-31/h4-6,9-12,16-18,23,26,34H,1-3,7-8,13-15H2,(H,33,39)(H,35,41)(H,37,40)/t18-,23-,26-/m0/s1. The van der Waals surface area contributed by atoms with E-state index in [1.807, 2.05) is 24.3 Å². The van der Waals surface area contributed by atoms with Gasteiger partial charge in [-0.05, 0) is 61.9 Å². The highest BCUT2D eigenvalue weighted by Crippen LogP contribution is 2.29. The topological polar surface area (TPSA) is 133 Å². The van der Waals surface area contributed by atoms with E-state index >= 15 is 0 Å². The molecule has 1 saturated heterocycles. The molecule has 0 radical (unpaired) electrons. The van der Waals surface area contributed by atoms with Crippen LogP contribution in [0.15, 0.2) is 48.5 Å². The minimum Gasteiger partial charge on any atom is -0.356 e. The predicted octanol–water partition coefficient (Wildman–Crippen LogP) is 4.49. The van der Waals surface area contributed by atoms with Gasteiger partial charge in [0, 0.05) is 23.4 Å². The van der Waals surface area contributed by atoms with Gasteiger partial charge in [0.05, 0.1) is 16.3 Å². The van der Waals surface area contributed by atoms with Gasteiger partial charge in [-0.3, -0.25) is 19.2 Å². The van der Waals surface area contributed by atoms with Crippen LogP contribution >= 0.6 is 11.3 Å². The number of nitrogens with zero attached hydrogens (tertiary/aromatic N) is 1. The highest BCUT2D eigenvalue weighted by Gasteiger charge is 2.37. The number of aromatic nitrogens is 2. The van der Waals surface area contributed by atoms with Crippen molar-refractivity contribution in [1.82, 2.24) is 25.9 Å². The Morgan fingerprint density at radius 1 is 1.02 bits per heavy atom. The molecule has 0 bridgehead atoms. The molecule has 1 saturated carbocycles. The Morgan fingerprint density at radius 2 is 1.83 bits per heavy atom. The molecule has 3 heterocycles. The van der Waals surface area contributed by atoms with E-state index in [4.69, 9.17) is 0 Å². The van der Waals surface area contributed by atoms with Crippen LogP contribution < -0.4 is 16.0 Å². The van der Waals surface area contributed by atoms with Crippen LogP contribution in [0.4, 0.5) is 4.39 Å². The van der Waals surface area contributed by atoms with Crippen LogP contribution in [0.25, 0.3) is 21.1 Å². The van der Waals surface area contributed by atoms with Crippen molar-refractivity contribution < 1.29 is 23.6 Å². The molecule has 2 aromatic carbocycles. The SMILES string of the molecule is O=C(N[C@H](C(=O)N[C@@H](C[C@@H]1CCNC1=O)C(=O)c1nc2ccccc2s1)C1CCCCC1)c1cc2c(F)cccc2[nH]1. The van der Waals surface area contributed by atoms with E-state index in [-0.39, 0.29) is 40.1 Å². The van der Waals surface area contributed by atoms with Gasteiger partial charge >= 0.3 is 0 Å². The van der Waals surface area contributed by atoms with Crippen LogP contribution in [-0.4, -0.2) is 52.1 Å². The number of fused-ring (bicyclic) bond motifs is 2. The monoisotopic (exact) mass is 589 g/mol. The van der Waals surface area contributed by atoms with Gasteiger partial charge in [-0.2, -0.15) is 0 Å². The number of rotatable bonds is 9. The van der Waals surface area contributed by atoms with Gasteiger partial charge in [0.25, 0.3) is 5.91 Å². The first-order valence-electron chi connectivity index (χ1n) is 14.4. The van der Waals surface area contributed by atoms with Gasteiger partial charge in [0.1, 0.15) is 17.6 Å². The number of amides is 3. The van der Waals surface area contributed by atoms with Crippen LogP contribution in [0.5, 0.6) is 0 Å². The first-order valence-corrected chi connectivity index (χ1v) is 15.2. The maximum Gasteiger partial charge on any atom is 0.268 e. The third-order valence-corrected chi connectivity index (χ3v) is 9.42. The van der Waals surface area contributed by atoms with Crippen LogP contribution in [0.3, 0.4) is 0 Å². The normalized spacial score (nSPS) is 19.0. The minimum absolute atomic E-state index is 0.128. The summed E-state index contributed by atoms with van der Waals surface area (Å²) in [5, 5.41) is 9.14. The van der Waals surface area contributed by atoms with Crippen molar-refractivity contribution in [3.8, 4) is 0 Å². The lowest BCUT2D eigenvalue weighted by Crippen LogP contribution is -2.55. The Kier molecular flexibility index (Phi) is 8.01. The Hall–Kier alpha value is -4.12. The predicted molar refractivity (Wildman–Crippen MR) is 158 cm³/mol. The zero-order valence-corrected chi connectivity index (χ0v) is 23.8. The number of H-pyrrole nitrogens is 1. The summed E-state index contributed by atoms with van der Waals surface area (Å²) in [5.41, 5.74) is 1.32. The maximum atomic E-state index is 14.3. The van der Waals surface area contributed by atoms with Crippen LogP contribution in [0.1, 0.15) is 65.2 Å². The third-order valence-electron chi connectivity index (χ3n) is 8.37. The number of Topliss-reactive ketones (excluding diaryl/α,β-unsaturated/α-hetero) is 1. The average Bonchev–Trinajstić information content (AvgIpc) is 3.74. The fraction of sp³-hybridized carbons (Fsp3) is 0.387. The molecule has 4 aromatic rings. The summed E-state index contributed by atoms with van der Waals surface area (Å²) in [6.07, 6.45) is 5.12. The number of carbonyl (C=O) groups excluding carboxylic acids is 4. The molecule has 2 aromatic heterocycles. The zero-order chi connectivity index (χ0) is 29.2. The number of aromatic amines is 1. The summed E-state index contributed by atoms with van der Waals surface area (Å²) >= 11 is 1.25. The molecule has 42 heavy (non-hydrogen) atoms. The molecule has 9 nitrogen and oxygen atoms in total. The summed E-state index contributed by atoms with van der Waals surface area (Å²) in [5.74, 6) is -2.50. The van der Waals surface area contributed by atoms with Gasteiger partial charge < -0.3 is 20.9 Å². The van der Waals surface area contributed by atoms with Crippen molar-refractivity contribution in [2.24, 2.45) is 11.8 Å². The lowest BCUT2D eigenvalue weighted by molar-refractivity contribution is -0.126. The van der Waals surface area contributed by atoms with E-state index in [1.54, 1.807) is 12.1 Å². The van der Waals surface area contributed by atoms with E-state index < -0.39 is 35.6 Å². The molecule has 0 unspecified atom stereocenters. The number of ketones is 1. The number of hydrogen-bond donors (Lipinski definition) is 4. The molecule has 0 spiro atoms. The molecule has 2 fully saturated rings. The molecule has 11 heteroatoms. The number of para-hydroxylation sites is 1. The lowest BCUT2D eigenvalue weighted by atomic mass is 9.83. The quantitative estimate of drug-likeness (QED) is 0.214. The molecule has 1 aliphatic carbocycles. The van der Waals surface area contributed by atoms with E-state index in [0.29, 0.717) is 24.0 Å². The van der Waals surface area contributed by atoms with E-state index in [2.05, 4.69) is 25.9 Å². The van der Waals surface area contributed by atoms with Crippen LogP contribution in [0.2, 0.25) is 0 Å². The van der Waals surface area contributed by atoms with Crippen LogP contribution in [-0.2, 0) is 9.59 Å². The molecule has 3 atom stereocenters. The second-order valence-corrected chi connectivity index (χ2v) is 12.2. The highest BCUT2D eigenvalue weighted by molar-refractivity contribution is 7.20. The number of benzene rings is 2. The van der Waals surface area contributed by atoms with Gasteiger partial charge in [-0.15, -0.1) is 11.3 Å². The summed E-state index contributed by atoms with van der Waals surface area (Å²) in [6.45, 7) is 0.519. The highest BCUT2D eigenvalue weighted by atomic mass is 32.1. The van der Waals surface area contributed by atoms with E-state index in [1.165, 1.54) is 23.5 Å². The second kappa shape index (κ2) is 12.0. The number of hydrogen-bond acceptors (Lipinski definition) is 6. The Bertz CT molecular complexity index is 1630. The second-order valence-electron chi connectivity index (χ2n) is 11.2. The summed E-state index contributed by atoms with van der Waals surface area (Å²) in [4.78, 5) is 61.0. The summed E-state index contributed by atoms with van der Waals surface area (Å²) in [7, 11) is 0. The molecule has 3 amide bonds. The smallest absolute Gasteiger partial charge is 0.268 e. The summed E-state index contributed by atoms with van der Waals surface area (Å²) in [6, 6.07) is 11.5. The van der Waals surface area contributed by atoms with Crippen molar-refractivity contribution in [1.29, 1.82) is 0 Å². The lowest BCUT2D eigenvalue weighted by Gasteiger charge is -2.31. The van der Waals surface area contributed by atoms with E-state index in [9.17, 15) is 23.6 Å². The average molecular weight is 590 g/mol. The molecule has 1 aliphatic heterocycles.